The molecule has 0 saturated carbocycles. The maximum atomic E-state index is 11.4. The van der Waals surface area contributed by atoms with Gasteiger partial charge in [0, 0.05) is 12.6 Å². The molecule has 1 rings (SSSR count). The number of carbonyl (C=O) groups excluding carboxylic acids is 1. The second kappa shape index (κ2) is 7.11. The quantitative estimate of drug-likeness (QED) is 0.782. The average Bonchev–Trinajstić information content (AvgIpc) is 2.35. The van der Waals surface area contributed by atoms with Gasteiger partial charge in [0.15, 0.2) is 0 Å². The van der Waals surface area contributed by atoms with E-state index in [0.29, 0.717) is 6.54 Å². The van der Waals surface area contributed by atoms with Crippen molar-refractivity contribution in [2.75, 3.05) is 0 Å². The average molecular weight is 249 g/mol. The largest absolute Gasteiger partial charge is 0.478 e. The molecular weight excluding hydrogens is 234 g/mol. The Morgan fingerprint density at radius 1 is 1.39 bits per heavy atom. The van der Waals surface area contributed by atoms with Gasteiger partial charge in [-0.15, -0.1) is 0 Å². The van der Waals surface area contributed by atoms with E-state index >= 15 is 0 Å². The van der Waals surface area contributed by atoms with Gasteiger partial charge in [-0.3, -0.25) is 0 Å². The Kier molecular flexibility index (Phi) is 5.44. The highest BCUT2D eigenvalue weighted by Crippen LogP contribution is 1.99. The third-order valence-corrected chi connectivity index (χ3v) is 2.08. The molecule has 0 aliphatic carbocycles. The van der Waals surface area contributed by atoms with Gasteiger partial charge in [-0.2, -0.15) is 0 Å². The molecule has 5 heteroatoms. The second-order valence-electron chi connectivity index (χ2n) is 3.65. The minimum Gasteiger partial charge on any atom is -0.478 e. The van der Waals surface area contributed by atoms with E-state index in [0.717, 1.165) is 11.6 Å². The maximum absolute atomic E-state index is 11.4. The lowest BCUT2D eigenvalue weighted by atomic mass is 10.2. The van der Waals surface area contributed by atoms with Crippen molar-refractivity contribution in [3.05, 3.63) is 48.0 Å². The van der Waals surface area contributed by atoms with E-state index in [9.17, 15) is 9.59 Å². The zero-order chi connectivity index (χ0) is 13.4. The minimum absolute atomic E-state index is 0.370. The van der Waals surface area contributed by atoms with E-state index in [4.69, 9.17) is 9.84 Å². The van der Waals surface area contributed by atoms with Crippen molar-refractivity contribution >= 4 is 12.1 Å². The van der Waals surface area contributed by atoms with Crippen LogP contribution in [0.2, 0.25) is 0 Å². The van der Waals surface area contributed by atoms with E-state index in [1.54, 1.807) is 6.92 Å². The molecule has 1 aromatic carbocycles. The number of alkyl carbamates (subject to hydrolysis) is 1. The number of carbonyl (C=O) groups is 2. The fourth-order valence-corrected chi connectivity index (χ4v) is 1.24. The minimum atomic E-state index is -1.07. The summed E-state index contributed by atoms with van der Waals surface area (Å²) in [6, 6.07) is 9.41. The highest BCUT2D eigenvalue weighted by molar-refractivity contribution is 5.79. The summed E-state index contributed by atoms with van der Waals surface area (Å²) in [5, 5.41) is 11.0. The third-order valence-electron chi connectivity index (χ3n) is 2.08. The first-order valence-corrected chi connectivity index (χ1v) is 5.47. The fourth-order valence-electron chi connectivity index (χ4n) is 1.24. The summed E-state index contributed by atoms with van der Waals surface area (Å²) >= 11 is 0. The molecule has 0 radical (unpaired) electrons. The van der Waals surface area contributed by atoms with Crippen LogP contribution in [0.25, 0.3) is 0 Å². The van der Waals surface area contributed by atoms with E-state index in [-0.39, 0.29) is 0 Å². The highest BCUT2D eigenvalue weighted by Gasteiger charge is 2.06. The molecule has 1 amide bonds. The van der Waals surface area contributed by atoms with Gasteiger partial charge in [0.2, 0.25) is 0 Å². The van der Waals surface area contributed by atoms with Crippen molar-refractivity contribution in [2.24, 2.45) is 0 Å². The van der Waals surface area contributed by atoms with Crippen LogP contribution in [0.15, 0.2) is 42.5 Å². The number of aliphatic carboxylic acids is 1. The summed E-state index contributed by atoms with van der Waals surface area (Å²) in [7, 11) is 0. The van der Waals surface area contributed by atoms with Gasteiger partial charge < -0.3 is 15.2 Å². The number of hydrogen-bond acceptors (Lipinski definition) is 3. The molecule has 0 aromatic heterocycles. The number of benzene rings is 1. The maximum Gasteiger partial charge on any atom is 0.407 e. The summed E-state index contributed by atoms with van der Waals surface area (Å²) in [5.74, 6) is -1.07. The van der Waals surface area contributed by atoms with E-state index in [2.05, 4.69) is 5.32 Å². The first kappa shape index (κ1) is 13.8. The Labute approximate surface area is 105 Å². The molecule has 0 fully saturated rings. The van der Waals surface area contributed by atoms with Gasteiger partial charge in [-0.1, -0.05) is 30.3 Å². The van der Waals surface area contributed by atoms with Crippen LogP contribution in [-0.2, 0) is 16.1 Å². The van der Waals surface area contributed by atoms with Crippen LogP contribution in [0.5, 0.6) is 0 Å². The predicted molar refractivity (Wildman–Crippen MR) is 66.0 cm³/mol. The smallest absolute Gasteiger partial charge is 0.407 e. The van der Waals surface area contributed by atoms with Crippen molar-refractivity contribution in [3.63, 3.8) is 0 Å². The summed E-state index contributed by atoms with van der Waals surface area (Å²) in [4.78, 5) is 21.6. The third kappa shape index (κ3) is 5.69. The Bertz CT molecular complexity index is 428. The number of ether oxygens (including phenoxy) is 1. The normalized spacial score (nSPS) is 12.1. The zero-order valence-corrected chi connectivity index (χ0v) is 10.00. The van der Waals surface area contributed by atoms with Gasteiger partial charge in [0.25, 0.3) is 0 Å². The number of carboxylic acid groups (broad SMARTS) is 1. The van der Waals surface area contributed by atoms with Crippen molar-refractivity contribution < 1.29 is 19.4 Å². The number of rotatable bonds is 5. The van der Waals surface area contributed by atoms with Gasteiger partial charge in [-0.05, 0) is 18.6 Å². The molecule has 0 saturated heterocycles. The van der Waals surface area contributed by atoms with Crippen molar-refractivity contribution in [1.29, 1.82) is 0 Å². The van der Waals surface area contributed by atoms with Crippen molar-refractivity contribution in [3.8, 4) is 0 Å². The molecule has 0 aliphatic heterocycles. The number of hydrogen-bond donors (Lipinski definition) is 2. The molecule has 96 valence electrons. The SMILES string of the molecule is C[C@@H](C=CC(=O)O)OC(=O)NCc1ccccc1. The Morgan fingerprint density at radius 2 is 2.06 bits per heavy atom. The first-order chi connectivity index (χ1) is 8.58. The van der Waals surface area contributed by atoms with Crippen LogP contribution in [0, 0.1) is 0 Å². The molecule has 0 aliphatic rings. The highest BCUT2D eigenvalue weighted by atomic mass is 16.6. The molecule has 0 bridgehead atoms. The molecule has 18 heavy (non-hydrogen) atoms. The summed E-state index contributed by atoms with van der Waals surface area (Å²) in [5.41, 5.74) is 0.961. The van der Waals surface area contributed by atoms with Crippen LogP contribution in [0.4, 0.5) is 4.79 Å². The molecule has 2 N–H and O–H groups in total. The molecular formula is C13H15NO4. The van der Waals surface area contributed by atoms with Crippen LogP contribution in [0.3, 0.4) is 0 Å². The van der Waals surface area contributed by atoms with Gasteiger partial charge in [0.1, 0.15) is 6.10 Å². The van der Waals surface area contributed by atoms with Gasteiger partial charge >= 0.3 is 12.1 Å². The molecule has 1 atom stereocenters. The molecule has 5 nitrogen and oxygen atoms in total. The fraction of sp³-hybridized carbons (Fsp3) is 0.231. The monoisotopic (exact) mass is 249 g/mol. The predicted octanol–water partition coefficient (Wildman–Crippen LogP) is 1.94. The van der Waals surface area contributed by atoms with Gasteiger partial charge in [0.05, 0.1) is 0 Å². The zero-order valence-electron chi connectivity index (χ0n) is 10.00. The first-order valence-electron chi connectivity index (χ1n) is 5.47. The number of nitrogens with one attached hydrogen (secondary N) is 1. The van der Waals surface area contributed by atoms with Crippen LogP contribution < -0.4 is 5.32 Å². The molecule has 1 aromatic rings. The summed E-state index contributed by atoms with van der Waals surface area (Å²) in [6.07, 6.45) is 1.07. The standard InChI is InChI=1S/C13H15NO4/c1-10(7-8-12(15)16)18-13(17)14-9-11-5-3-2-4-6-11/h2-8,10H,9H2,1H3,(H,14,17)(H,15,16)/t10-/m0/s1. The van der Waals surface area contributed by atoms with Crippen molar-refractivity contribution in [1.82, 2.24) is 5.32 Å². The lowest BCUT2D eigenvalue weighted by Gasteiger charge is -2.10. The molecule has 0 heterocycles. The van der Waals surface area contributed by atoms with Crippen LogP contribution >= 0.6 is 0 Å². The lowest BCUT2D eigenvalue weighted by molar-refractivity contribution is -0.131. The Balaban J connectivity index is 2.31. The second-order valence-corrected chi connectivity index (χ2v) is 3.65. The van der Waals surface area contributed by atoms with E-state index in [1.807, 2.05) is 30.3 Å². The number of carboxylic acids is 1. The van der Waals surface area contributed by atoms with Crippen molar-refractivity contribution in [2.45, 2.75) is 19.6 Å². The van der Waals surface area contributed by atoms with Gasteiger partial charge in [-0.25, -0.2) is 9.59 Å². The topological polar surface area (TPSA) is 75.6 Å². The van der Waals surface area contributed by atoms with E-state index < -0.39 is 18.2 Å². The summed E-state index contributed by atoms with van der Waals surface area (Å²) in [6.45, 7) is 1.95. The Hall–Kier alpha value is -2.30. The molecule has 0 spiro atoms. The number of amides is 1. The Morgan fingerprint density at radius 3 is 2.67 bits per heavy atom. The van der Waals surface area contributed by atoms with Crippen LogP contribution in [-0.4, -0.2) is 23.3 Å². The lowest BCUT2D eigenvalue weighted by Crippen LogP contribution is -2.26. The summed E-state index contributed by atoms with van der Waals surface area (Å²) < 4.78 is 4.92. The molecule has 0 unspecified atom stereocenters. The van der Waals surface area contributed by atoms with Crippen LogP contribution in [0.1, 0.15) is 12.5 Å². The van der Waals surface area contributed by atoms with E-state index in [1.165, 1.54) is 6.08 Å².